The van der Waals surface area contributed by atoms with Crippen LogP contribution in [0.25, 0.3) is 0 Å². The average molecular weight is 378 g/mol. The van der Waals surface area contributed by atoms with Gasteiger partial charge in [-0.1, -0.05) is 19.8 Å². The van der Waals surface area contributed by atoms with E-state index in [1.165, 1.54) is 25.0 Å². The Morgan fingerprint density at radius 3 is 2.38 bits per heavy atom. The van der Waals surface area contributed by atoms with Gasteiger partial charge in [0.15, 0.2) is 0 Å². The van der Waals surface area contributed by atoms with Crippen LogP contribution in [0, 0.1) is 0 Å². The van der Waals surface area contributed by atoms with Crippen molar-refractivity contribution in [1.29, 1.82) is 0 Å². The topological polar surface area (TPSA) is 80.3 Å². The van der Waals surface area contributed by atoms with Gasteiger partial charge in [0.05, 0.1) is 22.9 Å². The van der Waals surface area contributed by atoms with Crippen LogP contribution in [0.4, 0.5) is 11.5 Å². The number of anilines is 2. The monoisotopic (exact) mass is 377 g/mol. The van der Waals surface area contributed by atoms with Crippen molar-refractivity contribution in [2.24, 2.45) is 0 Å². The second-order valence-electron chi connectivity index (χ2n) is 6.31. The molecule has 1 heterocycles. The maximum atomic E-state index is 12.5. The minimum Gasteiger partial charge on any atom is -0.491 e. The summed E-state index contributed by atoms with van der Waals surface area (Å²) in [5.41, 5.74) is 0.874. The van der Waals surface area contributed by atoms with Crippen molar-refractivity contribution in [2.45, 2.75) is 51.0 Å². The zero-order valence-electron chi connectivity index (χ0n) is 15.5. The van der Waals surface area contributed by atoms with Crippen molar-refractivity contribution in [3.8, 4) is 5.75 Å². The fourth-order valence-electron chi connectivity index (χ4n) is 2.33. The molecule has 0 aliphatic heterocycles. The van der Waals surface area contributed by atoms with Crippen molar-refractivity contribution in [2.75, 3.05) is 16.6 Å². The lowest BCUT2D eigenvalue weighted by Gasteiger charge is -2.11. The van der Waals surface area contributed by atoms with Crippen LogP contribution in [0.15, 0.2) is 47.5 Å². The largest absolute Gasteiger partial charge is 0.491 e. The highest BCUT2D eigenvalue weighted by atomic mass is 32.2. The molecule has 0 unspecified atom stereocenters. The SMILES string of the molecule is CCCCCNc1ccc(NS(=O)(=O)c2ccc(OC(C)C)cc2)nc1. The van der Waals surface area contributed by atoms with E-state index in [2.05, 4.69) is 21.9 Å². The highest BCUT2D eigenvalue weighted by Gasteiger charge is 2.15. The van der Waals surface area contributed by atoms with Gasteiger partial charge in [0.2, 0.25) is 0 Å². The molecule has 1 aromatic carbocycles. The van der Waals surface area contributed by atoms with Crippen molar-refractivity contribution in [3.63, 3.8) is 0 Å². The number of ether oxygens (including phenoxy) is 1. The second-order valence-corrected chi connectivity index (χ2v) is 7.99. The Bertz CT molecular complexity index is 773. The molecule has 2 N–H and O–H groups in total. The number of unbranched alkanes of at least 4 members (excludes halogenated alkanes) is 2. The first-order chi connectivity index (χ1) is 12.4. The summed E-state index contributed by atoms with van der Waals surface area (Å²) in [6, 6.07) is 9.79. The van der Waals surface area contributed by atoms with Crippen LogP contribution in [0.3, 0.4) is 0 Å². The fourth-order valence-corrected chi connectivity index (χ4v) is 3.34. The number of hydrogen-bond acceptors (Lipinski definition) is 5. The van der Waals surface area contributed by atoms with Gasteiger partial charge < -0.3 is 10.1 Å². The van der Waals surface area contributed by atoms with Gasteiger partial charge >= 0.3 is 0 Å². The van der Waals surface area contributed by atoms with Crippen molar-refractivity contribution in [1.82, 2.24) is 4.98 Å². The quantitative estimate of drug-likeness (QED) is 0.604. The van der Waals surface area contributed by atoms with E-state index in [4.69, 9.17) is 4.74 Å². The Balaban J connectivity index is 1.97. The lowest BCUT2D eigenvalue weighted by molar-refractivity contribution is 0.242. The van der Waals surface area contributed by atoms with E-state index in [0.717, 1.165) is 18.7 Å². The molecule has 0 atom stereocenters. The molecule has 0 aliphatic carbocycles. The zero-order valence-corrected chi connectivity index (χ0v) is 16.3. The van der Waals surface area contributed by atoms with E-state index >= 15 is 0 Å². The summed E-state index contributed by atoms with van der Waals surface area (Å²) in [4.78, 5) is 4.33. The van der Waals surface area contributed by atoms with E-state index in [-0.39, 0.29) is 16.8 Å². The highest BCUT2D eigenvalue weighted by Crippen LogP contribution is 2.20. The van der Waals surface area contributed by atoms with Gasteiger partial charge in [-0.15, -0.1) is 0 Å². The Morgan fingerprint density at radius 1 is 1.08 bits per heavy atom. The number of nitrogens with one attached hydrogen (secondary N) is 2. The molecular formula is C19H27N3O3S. The van der Waals surface area contributed by atoms with Crippen LogP contribution < -0.4 is 14.8 Å². The van der Waals surface area contributed by atoms with E-state index in [9.17, 15) is 8.42 Å². The van der Waals surface area contributed by atoms with E-state index in [1.54, 1.807) is 24.4 Å². The van der Waals surface area contributed by atoms with Gasteiger partial charge in [-0.2, -0.15) is 0 Å². The molecule has 0 aliphatic rings. The summed E-state index contributed by atoms with van der Waals surface area (Å²) in [6.07, 6.45) is 5.11. The minimum atomic E-state index is -3.68. The van der Waals surface area contributed by atoms with Gasteiger partial charge in [-0.25, -0.2) is 13.4 Å². The molecule has 2 rings (SSSR count). The number of sulfonamides is 1. The van der Waals surface area contributed by atoms with Crippen LogP contribution >= 0.6 is 0 Å². The summed E-state index contributed by atoms with van der Waals surface area (Å²) >= 11 is 0. The van der Waals surface area contributed by atoms with Crippen LogP contribution in [-0.2, 0) is 10.0 Å². The minimum absolute atomic E-state index is 0.0360. The van der Waals surface area contributed by atoms with Crippen LogP contribution in [0.2, 0.25) is 0 Å². The van der Waals surface area contributed by atoms with E-state index in [1.807, 2.05) is 19.9 Å². The smallest absolute Gasteiger partial charge is 0.263 e. The number of rotatable bonds is 10. The Hall–Kier alpha value is -2.28. The van der Waals surface area contributed by atoms with Gasteiger partial charge in [0.1, 0.15) is 11.6 Å². The summed E-state index contributed by atoms with van der Waals surface area (Å²) in [5, 5.41) is 3.27. The first-order valence-corrected chi connectivity index (χ1v) is 10.4. The van der Waals surface area contributed by atoms with Gasteiger partial charge in [0.25, 0.3) is 10.0 Å². The maximum absolute atomic E-state index is 12.5. The molecule has 0 spiro atoms. The number of pyridine rings is 1. The van der Waals surface area contributed by atoms with Gasteiger partial charge in [-0.05, 0) is 56.7 Å². The van der Waals surface area contributed by atoms with Crippen molar-refractivity contribution in [3.05, 3.63) is 42.6 Å². The van der Waals surface area contributed by atoms with Crippen LogP contribution in [0.5, 0.6) is 5.75 Å². The third-order valence-corrected chi connectivity index (χ3v) is 4.99. The molecule has 2 aromatic rings. The summed E-state index contributed by atoms with van der Waals surface area (Å²) < 4.78 is 32.9. The predicted molar refractivity (Wildman–Crippen MR) is 105 cm³/mol. The normalized spacial score (nSPS) is 11.4. The molecule has 142 valence electrons. The zero-order chi connectivity index (χ0) is 19.0. The Morgan fingerprint density at radius 2 is 1.81 bits per heavy atom. The van der Waals surface area contributed by atoms with Crippen molar-refractivity contribution >= 4 is 21.5 Å². The lowest BCUT2D eigenvalue weighted by atomic mass is 10.2. The lowest BCUT2D eigenvalue weighted by Crippen LogP contribution is -2.14. The molecule has 26 heavy (non-hydrogen) atoms. The molecule has 0 bridgehead atoms. The van der Waals surface area contributed by atoms with E-state index < -0.39 is 10.0 Å². The Labute approximate surface area is 156 Å². The van der Waals surface area contributed by atoms with Gasteiger partial charge in [0, 0.05) is 6.54 Å². The molecule has 0 saturated carbocycles. The van der Waals surface area contributed by atoms with Crippen molar-refractivity contribution < 1.29 is 13.2 Å². The molecule has 0 radical (unpaired) electrons. The van der Waals surface area contributed by atoms with Crippen LogP contribution in [0.1, 0.15) is 40.0 Å². The molecule has 0 amide bonds. The molecule has 0 saturated heterocycles. The number of aromatic nitrogens is 1. The molecular weight excluding hydrogens is 350 g/mol. The molecule has 0 fully saturated rings. The third-order valence-electron chi connectivity index (χ3n) is 3.62. The summed E-state index contributed by atoms with van der Waals surface area (Å²) in [7, 11) is -3.68. The Kier molecular flexibility index (Phi) is 7.26. The summed E-state index contributed by atoms with van der Waals surface area (Å²) in [6.45, 7) is 6.87. The molecule has 7 heteroatoms. The maximum Gasteiger partial charge on any atom is 0.263 e. The standard InChI is InChI=1S/C19H27N3O3S/c1-4-5-6-13-20-16-7-12-19(21-14-16)22-26(23,24)18-10-8-17(9-11-18)25-15(2)3/h7-12,14-15,20H,4-6,13H2,1-3H3,(H,21,22). The molecule has 1 aromatic heterocycles. The molecule has 6 nitrogen and oxygen atoms in total. The second kappa shape index (κ2) is 9.43. The first-order valence-electron chi connectivity index (χ1n) is 8.90. The number of benzene rings is 1. The van der Waals surface area contributed by atoms with E-state index in [0.29, 0.717) is 5.75 Å². The predicted octanol–water partition coefficient (Wildman–Crippen LogP) is 4.27. The summed E-state index contributed by atoms with van der Waals surface area (Å²) in [5.74, 6) is 0.919. The fraction of sp³-hybridized carbons (Fsp3) is 0.421. The number of hydrogen-bond donors (Lipinski definition) is 2. The third kappa shape index (κ3) is 6.22. The highest BCUT2D eigenvalue weighted by molar-refractivity contribution is 7.92. The van der Waals surface area contributed by atoms with Crippen LogP contribution in [-0.4, -0.2) is 26.1 Å². The first kappa shape index (κ1) is 20.0. The van der Waals surface area contributed by atoms with Gasteiger partial charge in [-0.3, -0.25) is 4.72 Å². The average Bonchev–Trinajstić information content (AvgIpc) is 2.60. The number of nitrogens with zero attached hydrogens (tertiary/aromatic N) is 1.